The first-order valence-electron chi connectivity index (χ1n) is 22.3. The summed E-state index contributed by atoms with van der Waals surface area (Å²) < 4.78 is 0. The molecule has 0 unspecified atom stereocenters. The highest BCUT2D eigenvalue weighted by Gasteiger charge is 2.38. The van der Waals surface area contributed by atoms with Crippen molar-refractivity contribution in [1.82, 2.24) is 0 Å². The lowest BCUT2D eigenvalue weighted by molar-refractivity contribution is 0.659. The molecule has 0 bridgehead atoms. The third kappa shape index (κ3) is 6.45. The number of fused-ring (bicyclic) bond motifs is 6. The van der Waals surface area contributed by atoms with Crippen molar-refractivity contribution >= 4 is 17.1 Å². The molecule has 0 atom stereocenters. The summed E-state index contributed by atoms with van der Waals surface area (Å²) >= 11 is 0. The minimum atomic E-state index is -0.140. The molecule has 0 heterocycles. The molecule has 63 heavy (non-hydrogen) atoms. The molecule has 0 radical (unpaired) electrons. The summed E-state index contributed by atoms with van der Waals surface area (Å²) in [6, 6.07) is 74.8. The van der Waals surface area contributed by atoms with E-state index in [9.17, 15) is 0 Å². The van der Waals surface area contributed by atoms with Crippen LogP contribution in [0.5, 0.6) is 0 Å². The van der Waals surface area contributed by atoms with Gasteiger partial charge in [0.1, 0.15) is 0 Å². The van der Waals surface area contributed by atoms with Gasteiger partial charge in [-0.2, -0.15) is 0 Å². The van der Waals surface area contributed by atoms with Gasteiger partial charge in [-0.25, -0.2) is 0 Å². The van der Waals surface area contributed by atoms with Crippen molar-refractivity contribution in [3.8, 4) is 66.8 Å². The SMILES string of the molecule is Cc1ccc2c(c1)C(C)(C)c1cc(N(c3ccc(-c4ccc(-c5ccccc5)cc4)c(-c4ccc(-c5ccccc5)cc4)c3)c3ccc4c(c3)C(C)(C)c3cc(C)ccc3-4)ccc1-2. The summed E-state index contributed by atoms with van der Waals surface area (Å²) in [6.45, 7) is 14.0. The lowest BCUT2D eigenvalue weighted by Gasteiger charge is -2.30. The second kappa shape index (κ2) is 14.7. The molecule has 0 saturated heterocycles. The van der Waals surface area contributed by atoms with Crippen LogP contribution < -0.4 is 4.90 Å². The normalized spacial score (nSPS) is 13.8. The van der Waals surface area contributed by atoms with Crippen LogP contribution in [-0.4, -0.2) is 0 Å². The molecule has 0 fully saturated rings. The molecule has 0 aromatic heterocycles. The van der Waals surface area contributed by atoms with Gasteiger partial charge in [-0.05, 0) is 139 Å². The lowest BCUT2D eigenvalue weighted by Crippen LogP contribution is -2.18. The number of hydrogen-bond acceptors (Lipinski definition) is 1. The topological polar surface area (TPSA) is 3.24 Å². The van der Waals surface area contributed by atoms with Crippen molar-refractivity contribution < 1.29 is 0 Å². The van der Waals surface area contributed by atoms with Crippen LogP contribution in [0.15, 0.2) is 200 Å². The largest absolute Gasteiger partial charge is 0.310 e. The Kier molecular flexibility index (Phi) is 9.03. The standard InChI is InChI=1S/C62H51N/c1-40-17-30-52-54-33-28-49(38-59(54)61(3,4)57(52)35-40)63(50-29-34-55-53-31-18-41(2)36-58(53)62(5,6)60(55)39-50)48-27-32-51(46-23-19-44(20-24-46)42-13-9-7-10-14-42)56(37-48)47-25-21-45(22-26-47)43-15-11-8-12-16-43/h7-39H,1-6H3. The van der Waals surface area contributed by atoms with E-state index in [-0.39, 0.29) is 10.8 Å². The van der Waals surface area contributed by atoms with Gasteiger partial charge in [0, 0.05) is 27.9 Å². The molecule has 1 nitrogen and oxygen atoms in total. The van der Waals surface area contributed by atoms with Crippen LogP contribution in [0.3, 0.4) is 0 Å². The quantitative estimate of drug-likeness (QED) is 0.155. The van der Waals surface area contributed by atoms with Crippen LogP contribution >= 0.6 is 0 Å². The first kappa shape index (κ1) is 38.7. The van der Waals surface area contributed by atoms with Crippen LogP contribution in [0.1, 0.15) is 61.1 Å². The van der Waals surface area contributed by atoms with Gasteiger partial charge in [-0.3, -0.25) is 0 Å². The maximum absolute atomic E-state index is 2.50. The molecule has 11 rings (SSSR count). The average Bonchev–Trinajstić information content (AvgIpc) is 3.67. The number of rotatable bonds is 7. The van der Waals surface area contributed by atoms with E-state index in [4.69, 9.17) is 0 Å². The molecule has 9 aromatic carbocycles. The van der Waals surface area contributed by atoms with Crippen molar-refractivity contribution in [3.05, 3.63) is 234 Å². The van der Waals surface area contributed by atoms with E-state index in [1.807, 2.05) is 0 Å². The van der Waals surface area contributed by atoms with Crippen LogP contribution in [0.4, 0.5) is 17.1 Å². The van der Waals surface area contributed by atoms with Gasteiger partial charge in [0.05, 0.1) is 0 Å². The zero-order valence-electron chi connectivity index (χ0n) is 37.0. The van der Waals surface area contributed by atoms with E-state index in [1.54, 1.807) is 0 Å². The zero-order chi connectivity index (χ0) is 43.0. The van der Waals surface area contributed by atoms with Gasteiger partial charge in [-0.1, -0.05) is 203 Å². The van der Waals surface area contributed by atoms with Gasteiger partial charge in [0.25, 0.3) is 0 Å². The Balaban J connectivity index is 1.10. The smallest absolute Gasteiger partial charge is 0.0468 e. The van der Waals surface area contributed by atoms with E-state index in [0.29, 0.717) is 0 Å². The van der Waals surface area contributed by atoms with Gasteiger partial charge in [-0.15, -0.1) is 0 Å². The number of hydrogen-bond donors (Lipinski definition) is 0. The average molecular weight is 810 g/mol. The number of anilines is 3. The number of benzene rings is 9. The highest BCUT2D eigenvalue weighted by atomic mass is 15.1. The third-order valence-electron chi connectivity index (χ3n) is 14.0. The summed E-state index contributed by atoms with van der Waals surface area (Å²) in [5, 5.41) is 0. The maximum atomic E-state index is 2.50. The van der Waals surface area contributed by atoms with Gasteiger partial charge >= 0.3 is 0 Å². The second-order valence-corrected chi connectivity index (χ2v) is 18.8. The van der Waals surface area contributed by atoms with Crippen molar-refractivity contribution in [2.45, 2.75) is 52.4 Å². The second-order valence-electron chi connectivity index (χ2n) is 18.8. The van der Waals surface area contributed by atoms with E-state index >= 15 is 0 Å². The van der Waals surface area contributed by atoms with E-state index in [0.717, 1.165) is 17.1 Å². The van der Waals surface area contributed by atoms with Gasteiger partial charge in [0.15, 0.2) is 0 Å². The predicted octanol–water partition coefficient (Wildman–Crippen LogP) is 17.1. The molecule has 0 spiro atoms. The van der Waals surface area contributed by atoms with Crippen LogP contribution in [0.2, 0.25) is 0 Å². The fourth-order valence-electron chi connectivity index (χ4n) is 10.5. The minimum absolute atomic E-state index is 0.140. The minimum Gasteiger partial charge on any atom is -0.310 e. The maximum Gasteiger partial charge on any atom is 0.0468 e. The molecule has 0 saturated carbocycles. The predicted molar refractivity (Wildman–Crippen MR) is 267 cm³/mol. The Morgan fingerprint density at radius 3 is 1.02 bits per heavy atom. The summed E-state index contributed by atoms with van der Waals surface area (Å²) in [6.07, 6.45) is 0. The third-order valence-corrected chi connectivity index (χ3v) is 14.0. The molecule has 0 amide bonds. The number of nitrogens with zero attached hydrogens (tertiary/aromatic N) is 1. The fourth-order valence-corrected chi connectivity index (χ4v) is 10.5. The Bertz CT molecular complexity index is 3090. The summed E-state index contributed by atoms with van der Waals surface area (Å²) in [5.74, 6) is 0. The fraction of sp³-hybridized carbons (Fsp3) is 0.129. The molecular weight excluding hydrogens is 759 g/mol. The summed E-state index contributed by atoms with van der Waals surface area (Å²) in [7, 11) is 0. The molecule has 0 aliphatic heterocycles. The van der Waals surface area contributed by atoms with Crippen molar-refractivity contribution in [2.24, 2.45) is 0 Å². The molecule has 0 N–H and O–H groups in total. The molecule has 1 heteroatoms. The van der Waals surface area contributed by atoms with Crippen LogP contribution in [-0.2, 0) is 10.8 Å². The number of aryl methyl sites for hydroxylation is 2. The highest BCUT2D eigenvalue weighted by Crippen LogP contribution is 2.54. The Labute approximate surface area is 373 Å². The Morgan fingerprint density at radius 1 is 0.270 bits per heavy atom. The summed E-state index contributed by atoms with van der Waals surface area (Å²) in [4.78, 5) is 2.50. The molecule has 9 aromatic rings. The summed E-state index contributed by atoms with van der Waals surface area (Å²) in [5.41, 5.74) is 26.2. The van der Waals surface area contributed by atoms with E-state index in [1.165, 1.54) is 100 Å². The monoisotopic (exact) mass is 809 g/mol. The van der Waals surface area contributed by atoms with Gasteiger partial charge in [0.2, 0.25) is 0 Å². The van der Waals surface area contributed by atoms with E-state index in [2.05, 4.69) is 247 Å². The lowest BCUT2D eigenvalue weighted by atomic mass is 9.81. The van der Waals surface area contributed by atoms with Crippen molar-refractivity contribution in [1.29, 1.82) is 0 Å². The van der Waals surface area contributed by atoms with Crippen molar-refractivity contribution in [3.63, 3.8) is 0 Å². The first-order chi connectivity index (χ1) is 30.5. The van der Waals surface area contributed by atoms with Crippen molar-refractivity contribution in [2.75, 3.05) is 4.90 Å². The van der Waals surface area contributed by atoms with E-state index < -0.39 is 0 Å². The Hall–Kier alpha value is -7.22. The highest BCUT2D eigenvalue weighted by molar-refractivity contribution is 5.92. The zero-order valence-corrected chi connectivity index (χ0v) is 37.0. The molecule has 2 aliphatic carbocycles. The first-order valence-corrected chi connectivity index (χ1v) is 22.3. The van der Waals surface area contributed by atoms with Gasteiger partial charge < -0.3 is 4.90 Å². The van der Waals surface area contributed by atoms with Crippen LogP contribution in [0.25, 0.3) is 66.8 Å². The Morgan fingerprint density at radius 2 is 0.587 bits per heavy atom. The van der Waals surface area contributed by atoms with Crippen LogP contribution in [0, 0.1) is 13.8 Å². The molecule has 2 aliphatic rings. The molecule has 304 valence electrons. The molecular formula is C62H51N.